The number of aliphatic carboxylic acids is 1. The van der Waals surface area contributed by atoms with Gasteiger partial charge in [-0.1, -0.05) is 0 Å². The summed E-state index contributed by atoms with van der Waals surface area (Å²) in [7, 11) is 0. The monoisotopic (exact) mass is 231 g/mol. The highest BCUT2D eigenvalue weighted by atomic mass is 32.2. The lowest BCUT2D eigenvalue weighted by Crippen LogP contribution is -2.55. The van der Waals surface area contributed by atoms with Crippen molar-refractivity contribution in [2.45, 2.75) is 30.2 Å². The quantitative estimate of drug-likeness (QED) is 0.640. The Morgan fingerprint density at radius 2 is 2.33 bits per heavy atom. The topological polar surface area (TPSA) is 77.8 Å². The van der Waals surface area contributed by atoms with E-state index in [2.05, 4.69) is 0 Å². The molecule has 2 N–H and O–H groups in total. The van der Waals surface area contributed by atoms with E-state index in [1.165, 1.54) is 16.7 Å². The maximum Gasteiger partial charge on any atom is 0.327 e. The van der Waals surface area contributed by atoms with Crippen LogP contribution in [-0.4, -0.2) is 56.7 Å². The van der Waals surface area contributed by atoms with Gasteiger partial charge in [-0.05, 0) is 6.42 Å². The Morgan fingerprint density at radius 3 is 2.87 bits per heavy atom. The summed E-state index contributed by atoms with van der Waals surface area (Å²) in [4.78, 5) is 23.8. The first kappa shape index (κ1) is 10.8. The van der Waals surface area contributed by atoms with E-state index in [4.69, 9.17) is 10.2 Å². The van der Waals surface area contributed by atoms with E-state index in [0.29, 0.717) is 12.2 Å². The number of carbonyl (C=O) groups excluding carboxylic acids is 1. The summed E-state index contributed by atoms with van der Waals surface area (Å²) in [5, 5.41) is 17.7. The van der Waals surface area contributed by atoms with Crippen LogP contribution in [0.1, 0.15) is 12.8 Å². The van der Waals surface area contributed by atoms with Crippen molar-refractivity contribution in [3.63, 3.8) is 0 Å². The lowest BCUT2D eigenvalue weighted by Gasteiger charge is -2.37. The Balaban J connectivity index is 2.05. The van der Waals surface area contributed by atoms with E-state index >= 15 is 0 Å². The van der Waals surface area contributed by atoms with Gasteiger partial charge < -0.3 is 15.1 Å². The highest BCUT2D eigenvalue weighted by molar-refractivity contribution is 8.00. The van der Waals surface area contributed by atoms with Crippen molar-refractivity contribution in [3.05, 3.63) is 0 Å². The summed E-state index contributed by atoms with van der Waals surface area (Å²) < 4.78 is 0. The predicted molar refractivity (Wildman–Crippen MR) is 54.6 cm³/mol. The molecule has 0 aromatic heterocycles. The zero-order valence-electron chi connectivity index (χ0n) is 8.13. The molecule has 0 aromatic rings. The minimum absolute atomic E-state index is 0.0477. The third-order valence-corrected chi connectivity index (χ3v) is 4.22. The van der Waals surface area contributed by atoms with E-state index in [-0.39, 0.29) is 23.8 Å². The Labute approximate surface area is 91.4 Å². The number of carbonyl (C=O) groups is 2. The van der Waals surface area contributed by atoms with Crippen LogP contribution < -0.4 is 0 Å². The summed E-state index contributed by atoms with van der Waals surface area (Å²) in [6.45, 7) is 0.0477. The zero-order valence-corrected chi connectivity index (χ0v) is 8.94. The van der Waals surface area contributed by atoms with E-state index < -0.39 is 12.0 Å². The predicted octanol–water partition coefficient (Wildman–Crippen LogP) is -0.462. The smallest absolute Gasteiger partial charge is 0.327 e. The standard InChI is InChI=1S/C9H13NO4S/c11-1-2-15-6-3-5-4-7(12)10(5)8(6)9(13)14/h5-6,8,11H,1-4H2,(H,13,14)/t5?,6?,8-/m1/s1. The maximum atomic E-state index is 11.3. The SMILES string of the molecule is O=C(O)[C@H]1C(SCCO)CC2CC(=O)N21. The normalized spacial score (nSPS) is 33.8. The zero-order chi connectivity index (χ0) is 11.0. The second-order valence-corrected chi connectivity index (χ2v) is 5.16. The summed E-state index contributed by atoms with van der Waals surface area (Å²) in [6, 6.07) is -0.567. The van der Waals surface area contributed by atoms with Gasteiger partial charge in [0.2, 0.25) is 5.91 Å². The van der Waals surface area contributed by atoms with E-state index in [0.717, 1.165) is 6.42 Å². The fourth-order valence-electron chi connectivity index (χ4n) is 2.29. The van der Waals surface area contributed by atoms with Crippen molar-refractivity contribution in [2.75, 3.05) is 12.4 Å². The second kappa shape index (κ2) is 4.02. The molecule has 0 bridgehead atoms. The lowest BCUT2D eigenvalue weighted by atomic mass is 10.0. The van der Waals surface area contributed by atoms with Crippen LogP contribution in [0.2, 0.25) is 0 Å². The third kappa shape index (κ3) is 1.72. The van der Waals surface area contributed by atoms with Crippen LogP contribution in [0.25, 0.3) is 0 Å². The first-order chi connectivity index (χ1) is 7.15. The Kier molecular flexibility index (Phi) is 2.88. The van der Waals surface area contributed by atoms with Gasteiger partial charge in [0.05, 0.1) is 6.61 Å². The largest absolute Gasteiger partial charge is 0.480 e. The summed E-state index contributed by atoms with van der Waals surface area (Å²) in [5.74, 6) is -0.455. The molecule has 2 aliphatic rings. The van der Waals surface area contributed by atoms with Gasteiger partial charge in [0.25, 0.3) is 0 Å². The average molecular weight is 231 g/mol. The van der Waals surface area contributed by atoms with Crippen molar-refractivity contribution in [3.8, 4) is 0 Å². The van der Waals surface area contributed by atoms with Crippen LogP contribution in [0.15, 0.2) is 0 Å². The lowest BCUT2D eigenvalue weighted by molar-refractivity contribution is -0.156. The molecule has 0 radical (unpaired) electrons. The third-order valence-electron chi connectivity index (χ3n) is 2.92. The average Bonchev–Trinajstić information content (AvgIpc) is 2.47. The van der Waals surface area contributed by atoms with Crippen molar-refractivity contribution >= 4 is 23.6 Å². The van der Waals surface area contributed by atoms with Crippen molar-refractivity contribution in [1.82, 2.24) is 4.90 Å². The van der Waals surface area contributed by atoms with Gasteiger partial charge in [-0.2, -0.15) is 11.8 Å². The van der Waals surface area contributed by atoms with Crippen molar-refractivity contribution < 1.29 is 19.8 Å². The minimum Gasteiger partial charge on any atom is -0.480 e. The van der Waals surface area contributed by atoms with Gasteiger partial charge in [0.15, 0.2) is 0 Å². The molecule has 0 aliphatic carbocycles. The van der Waals surface area contributed by atoms with Gasteiger partial charge in [0, 0.05) is 23.5 Å². The van der Waals surface area contributed by atoms with Crippen molar-refractivity contribution in [1.29, 1.82) is 0 Å². The Hall–Kier alpha value is -0.750. The molecule has 2 saturated heterocycles. The number of hydrogen-bond donors (Lipinski definition) is 2. The first-order valence-corrected chi connectivity index (χ1v) is 5.96. The number of nitrogens with zero attached hydrogens (tertiary/aromatic N) is 1. The molecule has 0 spiro atoms. The number of hydrogen-bond acceptors (Lipinski definition) is 4. The van der Waals surface area contributed by atoms with Gasteiger partial charge in [-0.25, -0.2) is 4.79 Å². The molecule has 2 unspecified atom stereocenters. The molecule has 3 atom stereocenters. The molecule has 2 heterocycles. The van der Waals surface area contributed by atoms with E-state index in [9.17, 15) is 9.59 Å². The Bertz CT molecular complexity index is 296. The molecule has 5 nitrogen and oxygen atoms in total. The summed E-state index contributed by atoms with van der Waals surface area (Å²) in [6.07, 6.45) is 1.23. The number of fused-ring (bicyclic) bond motifs is 1. The number of aliphatic hydroxyl groups excluding tert-OH is 1. The van der Waals surface area contributed by atoms with E-state index in [1.54, 1.807) is 0 Å². The van der Waals surface area contributed by atoms with Crippen LogP contribution in [0.5, 0.6) is 0 Å². The number of β-lactam (4-membered cyclic amide) rings is 1. The van der Waals surface area contributed by atoms with Gasteiger partial charge in [0.1, 0.15) is 6.04 Å². The van der Waals surface area contributed by atoms with Gasteiger partial charge in [-0.3, -0.25) is 4.79 Å². The molecule has 2 aliphatic heterocycles. The summed E-state index contributed by atoms with van der Waals surface area (Å²) >= 11 is 1.45. The fourth-order valence-corrected chi connectivity index (χ4v) is 3.49. The van der Waals surface area contributed by atoms with Crippen LogP contribution in [0, 0.1) is 0 Å². The molecular formula is C9H13NO4S. The molecule has 0 aromatic carbocycles. The molecule has 2 rings (SSSR count). The number of carboxylic acids is 1. The van der Waals surface area contributed by atoms with Crippen LogP contribution >= 0.6 is 11.8 Å². The van der Waals surface area contributed by atoms with Crippen molar-refractivity contribution in [2.24, 2.45) is 0 Å². The second-order valence-electron chi connectivity index (χ2n) is 3.81. The fraction of sp³-hybridized carbons (Fsp3) is 0.778. The molecule has 84 valence electrons. The van der Waals surface area contributed by atoms with Crippen LogP contribution in [0.4, 0.5) is 0 Å². The molecule has 1 amide bonds. The number of thioether (sulfide) groups is 1. The Morgan fingerprint density at radius 1 is 1.60 bits per heavy atom. The number of aliphatic hydroxyl groups is 1. The highest BCUT2D eigenvalue weighted by Gasteiger charge is 2.53. The molecule has 15 heavy (non-hydrogen) atoms. The molecule has 0 saturated carbocycles. The summed E-state index contributed by atoms with van der Waals surface area (Å²) in [5.41, 5.74) is 0. The highest BCUT2D eigenvalue weighted by Crippen LogP contribution is 2.40. The number of carboxylic acid groups (broad SMARTS) is 1. The number of rotatable bonds is 4. The maximum absolute atomic E-state index is 11.3. The molecule has 2 fully saturated rings. The van der Waals surface area contributed by atoms with Crippen LogP contribution in [-0.2, 0) is 9.59 Å². The first-order valence-electron chi connectivity index (χ1n) is 4.91. The molecular weight excluding hydrogens is 218 g/mol. The molecule has 6 heteroatoms. The van der Waals surface area contributed by atoms with E-state index in [1.807, 2.05) is 0 Å². The minimum atomic E-state index is -0.930. The number of amides is 1. The van der Waals surface area contributed by atoms with Crippen LogP contribution in [0.3, 0.4) is 0 Å². The van der Waals surface area contributed by atoms with Gasteiger partial charge in [-0.15, -0.1) is 0 Å². The van der Waals surface area contributed by atoms with Gasteiger partial charge >= 0.3 is 5.97 Å².